The van der Waals surface area contributed by atoms with Gasteiger partial charge in [-0.05, 0) is 67.8 Å². The number of amides is 2. The second-order valence-corrected chi connectivity index (χ2v) is 7.06. The zero-order chi connectivity index (χ0) is 25.9. The highest BCUT2D eigenvalue weighted by atomic mass is 19.4. The molecule has 0 bridgehead atoms. The Kier molecular flexibility index (Phi) is 9.98. The number of carbonyl (C=O) groups excluding carboxylic acids is 2. The van der Waals surface area contributed by atoms with Crippen molar-refractivity contribution in [2.45, 2.75) is 32.0 Å². The number of halogens is 6. The summed E-state index contributed by atoms with van der Waals surface area (Å²) >= 11 is 0. The van der Waals surface area contributed by atoms with Crippen LogP contribution in [0.2, 0.25) is 0 Å². The molecule has 0 aliphatic heterocycles. The summed E-state index contributed by atoms with van der Waals surface area (Å²) in [5, 5.41) is 5.29. The van der Waals surface area contributed by atoms with Gasteiger partial charge in [-0.1, -0.05) is 12.2 Å². The Morgan fingerprint density at radius 3 is 1.49 bits per heavy atom. The Bertz CT molecular complexity index is 987. The molecule has 2 amide bonds. The van der Waals surface area contributed by atoms with Gasteiger partial charge in [-0.2, -0.15) is 0 Å². The minimum Gasteiger partial charge on any atom is -0.406 e. The summed E-state index contributed by atoms with van der Waals surface area (Å²) in [4.78, 5) is 24.0. The molecule has 0 heterocycles. The standard InChI is InChI=1S/C23H22F6N2O4/c24-22(25,26)34-18-10-6-16(7-11-18)20(32)30-14-4-2-1-3-5-15-31-21(33)17-8-12-19(13-9-17)35-23(27,28)29/h1-2,6-13H,3-5,14-15H2,(H,30,32)(H,31,33). The summed E-state index contributed by atoms with van der Waals surface area (Å²) in [6.07, 6.45) is -4.10. The van der Waals surface area contributed by atoms with Crippen LogP contribution in [0.3, 0.4) is 0 Å². The van der Waals surface area contributed by atoms with E-state index in [0.29, 0.717) is 32.4 Å². The Hall–Kier alpha value is -3.70. The maximum atomic E-state index is 12.1. The fourth-order valence-electron chi connectivity index (χ4n) is 2.75. The van der Waals surface area contributed by atoms with Crippen molar-refractivity contribution in [1.29, 1.82) is 0 Å². The molecule has 190 valence electrons. The highest BCUT2D eigenvalue weighted by Gasteiger charge is 2.31. The van der Waals surface area contributed by atoms with Crippen LogP contribution in [0.4, 0.5) is 26.3 Å². The number of ether oxygens (including phenoxy) is 2. The van der Waals surface area contributed by atoms with Gasteiger partial charge in [0.25, 0.3) is 11.8 Å². The van der Waals surface area contributed by atoms with Gasteiger partial charge in [-0.15, -0.1) is 26.3 Å². The highest BCUT2D eigenvalue weighted by Crippen LogP contribution is 2.23. The van der Waals surface area contributed by atoms with Crippen molar-refractivity contribution < 1.29 is 45.4 Å². The number of unbranched alkanes of at least 4 members (excludes halogenated alkanes) is 1. The van der Waals surface area contributed by atoms with Crippen LogP contribution in [0.25, 0.3) is 0 Å². The second kappa shape index (κ2) is 12.7. The molecule has 6 nitrogen and oxygen atoms in total. The van der Waals surface area contributed by atoms with Crippen molar-refractivity contribution in [3.05, 3.63) is 71.8 Å². The number of hydrogen-bond acceptors (Lipinski definition) is 4. The lowest BCUT2D eigenvalue weighted by atomic mass is 10.2. The summed E-state index contributed by atoms with van der Waals surface area (Å²) < 4.78 is 80.3. The molecule has 0 aliphatic carbocycles. The third kappa shape index (κ3) is 11.3. The molecule has 0 unspecified atom stereocenters. The molecule has 2 N–H and O–H groups in total. The van der Waals surface area contributed by atoms with Crippen LogP contribution in [0.1, 0.15) is 40.0 Å². The first-order valence-electron chi connectivity index (χ1n) is 10.4. The van der Waals surface area contributed by atoms with Gasteiger partial charge in [0.15, 0.2) is 0 Å². The van der Waals surface area contributed by atoms with Gasteiger partial charge in [-0.3, -0.25) is 9.59 Å². The first kappa shape index (κ1) is 27.5. The summed E-state index contributed by atoms with van der Waals surface area (Å²) in [5.74, 6) is -1.68. The number of allylic oxidation sites excluding steroid dienone is 1. The minimum atomic E-state index is -4.80. The third-order valence-electron chi connectivity index (χ3n) is 4.30. The molecular formula is C23H22F6N2O4. The topological polar surface area (TPSA) is 76.7 Å². The number of alkyl halides is 6. The lowest BCUT2D eigenvalue weighted by Crippen LogP contribution is -2.24. The molecule has 0 radical (unpaired) electrons. The summed E-state index contributed by atoms with van der Waals surface area (Å²) in [6.45, 7) is 0.676. The van der Waals surface area contributed by atoms with Gasteiger partial charge in [-0.25, -0.2) is 0 Å². The van der Waals surface area contributed by atoms with Crippen LogP contribution in [0.15, 0.2) is 60.7 Å². The molecule has 0 aromatic heterocycles. The number of benzene rings is 2. The van der Waals surface area contributed by atoms with E-state index in [9.17, 15) is 35.9 Å². The summed E-state index contributed by atoms with van der Waals surface area (Å²) in [5.41, 5.74) is 0.398. The second-order valence-electron chi connectivity index (χ2n) is 7.06. The molecule has 0 fully saturated rings. The number of rotatable bonds is 11. The first-order valence-corrected chi connectivity index (χ1v) is 10.4. The van der Waals surface area contributed by atoms with Gasteiger partial charge in [0.1, 0.15) is 11.5 Å². The van der Waals surface area contributed by atoms with Crippen molar-refractivity contribution in [3.63, 3.8) is 0 Å². The molecule has 12 heteroatoms. The Morgan fingerprint density at radius 1 is 0.657 bits per heavy atom. The van der Waals surface area contributed by atoms with E-state index < -0.39 is 36.0 Å². The van der Waals surface area contributed by atoms with E-state index in [1.54, 1.807) is 0 Å². The summed E-state index contributed by atoms with van der Waals surface area (Å²) in [6, 6.07) is 9.14. The van der Waals surface area contributed by atoms with E-state index >= 15 is 0 Å². The third-order valence-corrected chi connectivity index (χ3v) is 4.30. The van der Waals surface area contributed by atoms with Gasteiger partial charge >= 0.3 is 12.7 Å². The van der Waals surface area contributed by atoms with Crippen molar-refractivity contribution in [2.24, 2.45) is 0 Å². The van der Waals surface area contributed by atoms with Gasteiger partial charge in [0, 0.05) is 24.2 Å². The van der Waals surface area contributed by atoms with E-state index in [-0.39, 0.29) is 11.1 Å². The van der Waals surface area contributed by atoms with E-state index in [1.807, 2.05) is 12.2 Å². The lowest BCUT2D eigenvalue weighted by Gasteiger charge is -2.09. The quantitative estimate of drug-likeness (QED) is 0.245. The van der Waals surface area contributed by atoms with Crippen LogP contribution >= 0.6 is 0 Å². The fourth-order valence-corrected chi connectivity index (χ4v) is 2.75. The highest BCUT2D eigenvalue weighted by molar-refractivity contribution is 5.94. The number of hydrogen-bond donors (Lipinski definition) is 2. The van der Waals surface area contributed by atoms with Crippen LogP contribution in [0.5, 0.6) is 11.5 Å². The molecule has 0 spiro atoms. The van der Waals surface area contributed by atoms with Crippen molar-refractivity contribution in [1.82, 2.24) is 10.6 Å². The van der Waals surface area contributed by atoms with Crippen molar-refractivity contribution >= 4 is 11.8 Å². The molecule has 2 aromatic carbocycles. The van der Waals surface area contributed by atoms with Crippen LogP contribution in [-0.4, -0.2) is 37.6 Å². The molecular weight excluding hydrogens is 482 g/mol. The molecule has 0 saturated heterocycles. The summed E-state index contributed by atoms with van der Waals surface area (Å²) in [7, 11) is 0. The molecule has 0 atom stereocenters. The average molecular weight is 504 g/mol. The van der Waals surface area contributed by atoms with Crippen molar-refractivity contribution in [3.8, 4) is 11.5 Å². The minimum absolute atomic E-state index is 0.196. The Labute approximate surface area is 196 Å². The van der Waals surface area contributed by atoms with E-state index in [0.717, 1.165) is 24.3 Å². The predicted molar refractivity (Wildman–Crippen MR) is 114 cm³/mol. The average Bonchev–Trinajstić information content (AvgIpc) is 2.76. The molecule has 0 aliphatic rings. The molecule has 35 heavy (non-hydrogen) atoms. The predicted octanol–water partition coefficient (Wildman–Crippen LogP) is 5.37. The SMILES string of the molecule is O=C(NCCC=CCCCNC(=O)c1ccc(OC(F)(F)F)cc1)c1ccc(OC(F)(F)F)cc1. The van der Waals surface area contributed by atoms with Gasteiger partial charge < -0.3 is 20.1 Å². The lowest BCUT2D eigenvalue weighted by molar-refractivity contribution is -0.275. The van der Waals surface area contributed by atoms with E-state index in [2.05, 4.69) is 20.1 Å². The van der Waals surface area contributed by atoms with Crippen LogP contribution in [0, 0.1) is 0 Å². The smallest absolute Gasteiger partial charge is 0.406 e. The zero-order valence-corrected chi connectivity index (χ0v) is 18.2. The van der Waals surface area contributed by atoms with E-state index in [1.165, 1.54) is 24.3 Å². The van der Waals surface area contributed by atoms with Crippen LogP contribution in [-0.2, 0) is 0 Å². The maximum Gasteiger partial charge on any atom is 0.573 e. The monoisotopic (exact) mass is 504 g/mol. The first-order chi connectivity index (χ1) is 16.4. The molecule has 0 saturated carbocycles. The van der Waals surface area contributed by atoms with Gasteiger partial charge in [0.2, 0.25) is 0 Å². The fraction of sp³-hybridized carbons (Fsp3) is 0.304. The zero-order valence-electron chi connectivity index (χ0n) is 18.2. The molecule has 2 aromatic rings. The normalized spacial score (nSPS) is 11.8. The Morgan fingerprint density at radius 2 is 1.06 bits per heavy atom. The van der Waals surface area contributed by atoms with Gasteiger partial charge in [0.05, 0.1) is 0 Å². The van der Waals surface area contributed by atoms with Crippen LogP contribution < -0.4 is 20.1 Å². The van der Waals surface area contributed by atoms with Crippen molar-refractivity contribution in [2.75, 3.05) is 13.1 Å². The van der Waals surface area contributed by atoms with E-state index in [4.69, 9.17) is 0 Å². The largest absolute Gasteiger partial charge is 0.573 e. The number of nitrogens with one attached hydrogen (secondary N) is 2. The number of carbonyl (C=O) groups is 2. The maximum absolute atomic E-state index is 12.1. The molecule has 2 rings (SSSR count). The Balaban J connectivity index is 1.58.